The molecule has 0 bridgehead atoms. The Morgan fingerprint density at radius 2 is 2.27 bits per heavy atom. The summed E-state index contributed by atoms with van der Waals surface area (Å²) in [7, 11) is 0. The molecule has 1 aromatic carbocycles. The van der Waals surface area contributed by atoms with Gasteiger partial charge in [0.25, 0.3) is 0 Å². The number of nitrogens with one attached hydrogen (secondary N) is 1. The largest absolute Gasteiger partial charge is 0.314 e. The number of benzene rings is 1. The van der Waals surface area contributed by atoms with Gasteiger partial charge >= 0.3 is 0 Å². The summed E-state index contributed by atoms with van der Waals surface area (Å²) in [5.41, 5.74) is 2.54. The molecule has 0 spiro atoms. The van der Waals surface area contributed by atoms with Gasteiger partial charge in [-0.25, -0.2) is 0 Å². The summed E-state index contributed by atoms with van der Waals surface area (Å²) in [5, 5.41) is 8.65. The molecule has 1 unspecified atom stereocenters. The van der Waals surface area contributed by atoms with Gasteiger partial charge in [0.1, 0.15) is 0 Å². The number of hydrogen-bond acceptors (Lipinski definition) is 3. The number of piperazine rings is 1. The fraction of sp³-hybridized carbons (Fsp3) is 0.438. The molecule has 0 radical (unpaired) electrons. The lowest BCUT2D eigenvalue weighted by Gasteiger charge is -2.36. The number of nitrogens with zero attached hydrogens (tertiary/aromatic N) is 3. The van der Waals surface area contributed by atoms with E-state index >= 15 is 0 Å². The first-order chi connectivity index (χ1) is 10.3. The lowest BCUT2D eigenvalue weighted by Crippen LogP contribution is -2.45. The number of aryl methyl sites for hydroxylation is 1. The van der Waals surface area contributed by atoms with Gasteiger partial charge in [0, 0.05) is 55.5 Å². The van der Waals surface area contributed by atoms with Crippen molar-refractivity contribution >= 4 is 24.0 Å². The molecule has 120 valence electrons. The van der Waals surface area contributed by atoms with Crippen LogP contribution in [-0.2, 0) is 13.1 Å². The van der Waals surface area contributed by atoms with Gasteiger partial charge < -0.3 is 5.32 Å². The van der Waals surface area contributed by atoms with Crippen LogP contribution in [0.5, 0.6) is 0 Å². The zero-order valence-corrected chi connectivity index (χ0v) is 14.3. The van der Waals surface area contributed by atoms with E-state index in [-0.39, 0.29) is 12.4 Å². The van der Waals surface area contributed by atoms with Crippen LogP contribution in [-0.4, -0.2) is 34.3 Å². The van der Waals surface area contributed by atoms with Crippen LogP contribution >= 0.6 is 24.0 Å². The molecule has 22 heavy (non-hydrogen) atoms. The summed E-state index contributed by atoms with van der Waals surface area (Å²) < 4.78 is 1.98. The summed E-state index contributed by atoms with van der Waals surface area (Å²) in [6.07, 6.45) is 4.11. The maximum absolute atomic E-state index is 6.14. The molecular weight excluding hydrogens is 319 g/mol. The van der Waals surface area contributed by atoms with Gasteiger partial charge in [-0.1, -0.05) is 23.7 Å². The minimum atomic E-state index is 0. The van der Waals surface area contributed by atoms with E-state index in [1.165, 1.54) is 11.1 Å². The van der Waals surface area contributed by atoms with Crippen LogP contribution in [0.25, 0.3) is 0 Å². The summed E-state index contributed by atoms with van der Waals surface area (Å²) in [5.74, 6) is 0. The first-order valence-corrected chi connectivity index (χ1v) is 7.85. The second kappa shape index (κ2) is 7.97. The second-order valence-electron chi connectivity index (χ2n) is 5.45. The third-order valence-electron chi connectivity index (χ3n) is 3.98. The zero-order valence-electron chi connectivity index (χ0n) is 12.7. The smallest absolute Gasteiger partial charge is 0.0534 e. The number of aromatic nitrogens is 2. The third kappa shape index (κ3) is 4.02. The molecular formula is C16H22Cl2N4. The van der Waals surface area contributed by atoms with Crippen LogP contribution in [0.3, 0.4) is 0 Å². The molecule has 3 rings (SSSR count). The first-order valence-electron chi connectivity index (χ1n) is 7.48. The standard InChI is InChI=1S/C16H21ClN4.ClH/c1-2-21-12-13(9-19-21)11-20-7-6-18-10-16(20)14-4-3-5-15(17)8-14;/h3-5,8-9,12,16,18H,2,6-7,10-11H2,1H3;1H. The van der Waals surface area contributed by atoms with Crippen molar-refractivity contribution < 1.29 is 0 Å². The molecule has 4 nitrogen and oxygen atoms in total. The fourth-order valence-electron chi connectivity index (χ4n) is 2.87. The van der Waals surface area contributed by atoms with Crippen molar-refractivity contribution in [2.24, 2.45) is 0 Å². The van der Waals surface area contributed by atoms with E-state index in [1.807, 2.05) is 23.0 Å². The van der Waals surface area contributed by atoms with Gasteiger partial charge in [-0.15, -0.1) is 12.4 Å². The van der Waals surface area contributed by atoms with Crippen molar-refractivity contribution in [1.82, 2.24) is 20.0 Å². The van der Waals surface area contributed by atoms with Crippen molar-refractivity contribution in [3.63, 3.8) is 0 Å². The van der Waals surface area contributed by atoms with E-state index in [9.17, 15) is 0 Å². The molecule has 0 aliphatic carbocycles. The van der Waals surface area contributed by atoms with Crippen LogP contribution in [0.15, 0.2) is 36.7 Å². The number of halogens is 2. The van der Waals surface area contributed by atoms with Crippen LogP contribution in [0.2, 0.25) is 5.02 Å². The van der Waals surface area contributed by atoms with Gasteiger partial charge in [-0.3, -0.25) is 9.58 Å². The maximum Gasteiger partial charge on any atom is 0.0534 e. The summed E-state index contributed by atoms with van der Waals surface area (Å²) >= 11 is 6.14. The molecule has 1 aliphatic heterocycles. The van der Waals surface area contributed by atoms with Gasteiger partial charge in [0.2, 0.25) is 0 Å². The van der Waals surface area contributed by atoms with E-state index in [0.717, 1.165) is 37.7 Å². The minimum Gasteiger partial charge on any atom is -0.314 e. The van der Waals surface area contributed by atoms with E-state index in [1.54, 1.807) is 0 Å². The molecule has 1 fully saturated rings. The molecule has 0 amide bonds. The molecule has 6 heteroatoms. The summed E-state index contributed by atoms with van der Waals surface area (Å²) in [4.78, 5) is 2.50. The molecule has 1 aromatic heterocycles. The average Bonchev–Trinajstić information content (AvgIpc) is 2.95. The van der Waals surface area contributed by atoms with Gasteiger partial charge in [-0.2, -0.15) is 5.10 Å². The van der Waals surface area contributed by atoms with Crippen molar-refractivity contribution in [2.45, 2.75) is 26.1 Å². The molecule has 2 heterocycles. The Bertz CT molecular complexity index is 599. The molecule has 0 saturated carbocycles. The second-order valence-corrected chi connectivity index (χ2v) is 5.89. The van der Waals surface area contributed by atoms with Crippen LogP contribution in [0.4, 0.5) is 0 Å². The highest BCUT2D eigenvalue weighted by Gasteiger charge is 2.24. The lowest BCUT2D eigenvalue weighted by atomic mass is 10.0. The number of rotatable bonds is 4. The molecule has 1 aliphatic rings. The summed E-state index contributed by atoms with van der Waals surface area (Å²) in [6.45, 7) is 6.98. The maximum atomic E-state index is 6.14. The lowest BCUT2D eigenvalue weighted by molar-refractivity contribution is 0.153. The van der Waals surface area contributed by atoms with Crippen LogP contribution in [0, 0.1) is 0 Å². The Hall–Kier alpha value is -1.07. The normalized spacial score (nSPS) is 18.9. The summed E-state index contributed by atoms with van der Waals surface area (Å²) in [6, 6.07) is 8.55. The van der Waals surface area contributed by atoms with Crippen molar-refractivity contribution in [3.8, 4) is 0 Å². The Morgan fingerprint density at radius 1 is 1.41 bits per heavy atom. The highest BCUT2D eigenvalue weighted by atomic mass is 35.5. The molecule has 1 N–H and O–H groups in total. The van der Waals surface area contributed by atoms with Crippen LogP contribution in [0.1, 0.15) is 24.1 Å². The predicted molar refractivity (Wildman–Crippen MR) is 92.6 cm³/mol. The van der Waals surface area contributed by atoms with Crippen molar-refractivity contribution in [2.75, 3.05) is 19.6 Å². The van der Waals surface area contributed by atoms with Crippen LogP contribution < -0.4 is 5.32 Å². The average molecular weight is 341 g/mol. The number of hydrogen-bond donors (Lipinski definition) is 1. The van der Waals surface area contributed by atoms with Crippen molar-refractivity contribution in [3.05, 3.63) is 52.8 Å². The van der Waals surface area contributed by atoms with E-state index in [4.69, 9.17) is 11.6 Å². The van der Waals surface area contributed by atoms with Gasteiger partial charge in [0.05, 0.1) is 6.20 Å². The Labute approximate surface area is 142 Å². The quantitative estimate of drug-likeness (QED) is 0.928. The first kappa shape index (κ1) is 17.3. The molecule has 1 atom stereocenters. The van der Waals surface area contributed by atoms with E-state index < -0.39 is 0 Å². The Morgan fingerprint density at radius 3 is 3.00 bits per heavy atom. The minimum absolute atomic E-state index is 0. The monoisotopic (exact) mass is 340 g/mol. The predicted octanol–water partition coefficient (Wildman–Crippen LogP) is 3.12. The highest BCUT2D eigenvalue weighted by Crippen LogP contribution is 2.26. The Kier molecular flexibility index (Phi) is 6.26. The van der Waals surface area contributed by atoms with Gasteiger partial charge in [0.15, 0.2) is 0 Å². The van der Waals surface area contributed by atoms with E-state index in [2.05, 4.69) is 40.6 Å². The molecule has 2 aromatic rings. The Balaban J connectivity index is 0.00000176. The molecule has 1 saturated heterocycles. The van der Waals surface area contributed by atoms with Gasteiger partial charge in [-0.05, 0) is 24.6 Å². The highest BCUT2D eigenvalue weighted by molar-refractivity contribution is 6.30. The fourth-order valence-corrected chi connectivity index (χ4v) is 3.07. The SMILES string of the molecule is CCn1cc(CN2CCNCC2c2cccc(Cl)c2)cn1.Cl. The van der Waals surface area contributed by atoms with E-state index in [0.29, 0.717) is 6.04 Å². The third-order valence-corrected chi connectivity index (χ3v) is 4.22. The topological polar surface area (TPSA) is 33.1 Å². The zero-order chi connectivity index (χ0) is 14.7. The van der Waals surface area contributed by atoms with Crippen molar-refractivity contribution in [1.29, 1.82) is 0 Å².